The van der Waals surface area contributed by atoms with Crippen molar-refractivity contribution >= 4 is 33.0 Å². The predicted octanol–water partition coefficient (Wildman–Crippen LogP) is 4.37. The lowest BCUT2D eigenvalue weighted by Gasteiger charge is -2.23. The average molecular weight is 505 g/mol. The number of ether oxygens (including phenoxy) is 2. The largest absolute Gasteiger partial charge is 0.726 e. The van der Waals surface area contributed by atoms with Crippen LogP contribution >= 0.6 is 22.6 Å². The molecule has 2 aromatic rings. The molecule has 1 aliphatic heterocycles. The summed E-state index contributed by atoms with van der Waals surface area (Å²) in [6, 6.07) is 13.6. The van der Waals surface area contributed by atoms with Gasteiger partial charge < -0.3 is 14.0 Å². The SMILES string of the molecule is CCC(C)(C)c1ccc(I)cc1.O=S(=O)([O-])OCc1ccc2c(c1)OCO2. The van der Waals surface area contributed by atoms with Crippen molar-refractivity contribution in [3.05, 3.63) is 57.2 Å². The van der Waals surface area contributed by atoms with Crippen LogP contribution in [0.4, 0.5) is 0 Å². The number of halogens is 1. The molecular weight excluding hydrogens is 483 g/mol. The second-order valence-electron chi connectivity index (χ2n) is 6.60. The van der Waals surface area contributed by atoms with Gasteiger partial charge in [-0.1, -0.05) is 39.0 Å². The summed E-state index contributed by atoms with van der Waals surface area (Å²) in [6.07, 6.45) is 1.19. The van der Waals surface area contributed by atoms with Crippen LogP contribution in [0.2, 0.25) is 0 Å². The molecule has 0 aliphatic carbocycles. The summed E-state index contributed by atoms with van der Waals surface area (Å²) in [5, 5.41) is 0. The zero-order valence-electron chi connectivity index (χ0n) is 15.4. The first kappa shape index (κ1) is 21.9. The zero-order valence-corrected chi connectivity index (χ0v) is 18.4. The summed E-state index contributed by atoms with van der Waals surface area (Å²) >= 11 is 2.34. The number of hydrogen-bond donors (Lipinski definition) is 0. The quantitative estimate of drug-likeness (QED) is 0.341. The summed E-state index contributed by atoms with van der Waals surface area (Å²) in [6.45, 7) is 6.64. The number of fused-ring (bicyclic) bond motifs is 1. The molecule has 0 radical (unpaired) electrons. The van der Waals surface area contributed by atoms with Crippen molar-refractivity contribution in [2.24, 2.45) is 0 Å². The Kier molecular flexibility index (Phi) is 7.49. The van der Waals surface area contributed by atoms with Gasteiger partial charge in [0.2, 0.25) is 17.2 Å². The lowest BCUT2D eigenvalue weighted by molar-refractivity contribution is 0.174. The summed E-state index contributed by atoms with van der Waals surface area (Å²) in [7, 11) is -4.66. The molecular formula is C19H22IO6S-. The first-order valence-corrected chi connectivity index (χ1v) is 10.8. The molecule has 148 valence electrons. The molecule has 8 heteroatoms. The summed E-state index contributed by atoms with van der Waals surface area (Å²) in [5.74, 6) is 1.10. The molecule has 27 heavy (non-hydrogen) atoms. The van der Waals surface area contributed by atoms with E-state index in [4.69, 9.17) is 9.47 Å². The standard InChI is InChI=1S/C11H15I.C8H8O6S/c1-4-11(2,3)9-5-7-10(12)8-6-9;9-15(10,11)14-4-6-1-2-7-8(3-6)13-5-12-7/h5-8H,4H2,1-3H3;1-3H,4-5H2,(H,9,10,11)/p-1. The van der Waals surface area contributed by atoms with Crippen LogP contribution in [0.1, 0.15) is 38.3 Å². The molecule has 2 aromatic carbocycles. The Morgan fingerprint density at radius 3 is 2.33 bits per heavy atom. The molecule has 0 bridgehead atoms. The van der Waals surface area contributed by atoms with Crippen molar-refractivity contribution < 1.29 is 26.6 Å². The Labute approximate surface area is 173 Å². The van der Waals surface area contributed by atoms with Crippen molar-refractivity contribution in [2.45, 2.75) is 39.2 Å². The average Bonchev–Trinajstić information content (AvgIpc) is 3.08. The van der Waals surface area contributed by atoms with Gasteiger partial charge in [0, 0.05) is 3.57 Å². The van der Waals surface area contributed by atoms with Gasteiger partial charge >= 0.3 is 0 Å². The molecule has 0 atom stereocenters. The van der Waals surface area contributed by atoms with Crippen LogP contribution in [0, 0.1) is 3.57 Å². The Bertz CT molecular complexity index is 862. The van der Waals surface area contributed by atoms with Gasteiger partial charge in [0.15, 0.2) is 11.5 Å². The molecule has 3 rings (SSSR count). The van der Waals surface area contributed by atoms with Gasteiger partial charge in [-0.2, -0.15) is 0 Å². The van der Waals surface area contributed by atoms with E-state index in [0.717, 1.165) is 0 Å². The van der Waals surface area contributed by atoms with E-state index in [1.54, 1.807) is 18.2 Å². The molecule has 0 fully saturated rings. The predicted molar refractivity (Wildman–Crippen MR) is 110 cm³/mol. The fraction of sp³-hybridized carbons (Fsp3) is 0.368. The first-order valence-electron chi connectivity index (χ1n) is 8.35. The molecule has 0 saturated heterocycles. The third kappa shape index (κ3) is 6.95. The number of hydrogen-bond acceptors (Lipinski definition) is 6. The Morgan fingerprint density at radius 1 is 1.11 bits per heavy atom. The van der Waals surface area contributed by atoms with Gasteiger partial charge in [0.25, 0.3) is 0 Å². The lowest BCUT2D eigenvalue weighted by atomic mass is 9.82. The van der Waals surface area contributed by atoms with Gasteiger partial charge in [-0.15, -0.1) is 0 Å². The molecule has 0 N–H and O–H groups in total. The molecule has 0 saturated carbocycles. The molecule has 6 nitrogen and oxygen atoms in total. The van der Waals surface area contributed by atoms with E-state index in [0.29, 0.717) is 22.5 Å². The van der Waals surface area contributed by atoms with E-state index in [1.165, 1.54) is 15.6 Å². The van der Waals surface area contributed by atoms with Gasteiger partial charge in [0.05, 0.1) is 6.61 Å². The molecule has 0 unspecified atom stereocenters. The highest BCUT2D eigenvalue weighted by atomic mass is 127. The maximum absolute atomic E-state index is 10.2. The molecule has 0 aromatic heterocycles. The van der Waals surface area contributed by atoms with Crippen molar-refractivity contribution in [2.75, 3.05) is 6.79 Å². The zero-order chi connectivity index (χ0) is 20.1. The highest BCUT2D eigenvalue weighted by Crippen LogP contribution is 2.32. The third-order valence-corrected chi connectivity index (χ3v) is 5.44. The first-order chi connectivity index (χ1) is 12.6. The fourth-order valence-corrected chi connectivity index (χ4v) is 2.92. The summed E-state index contributed by atoms with van der Waals surface area (Å²) in [4.78, 5) is 0. The topological polar surface area (TPSA) is 84.9 Å². The van der Waals surface area contributed by atoms with Gasteiger partial charge in [0.1, 0.15) is 0 Å². The van der Waals surface area contributed by atoms with E-state index in [1.807, 2.05) is 0 Å². The normalized spacial score (nSPS) is 13.1. The summed E-state index contributed by atoms with van der Waals surface area (Å²) < 4.78 is 46.1. The number of benzene rings is 2. The van der Waals surface area contributed by atoms with Crippen LogP contribution in [-0.4, -0.2) is 19.8 Å². The van der Waals surface area contributed by atoms with Crippen LogP contribution in [-0.2, 0) is 26.6 Å². The minimum absolute atomic E-state index is 0.138. The molecule has 0 amide bonds. The minimum atomic E-state index is -4.66. The third-order valence-electron chi connectivity index (χ3n) is 4.32. The van der Waals surface area contributed by atoms with Crippen molar-refractivity contribution in [1.82, 2.24) is 0 Å². The Balaban J connectivity index is 0.000000199. The smallest absolute Gasteiger partial charge is 0.231 e. The van der Waals surface area contributed by atoms with Crippen LogP contribution in [0.25, 0.3) is 0 Å². The van der Waals surface area contributed by atoms with E-state index < -0.39 is 10.4 Å². The van der Waals surface area contributed by atoms with Crippen molar-refractivity contribution in [3.8, 4) is 11.5 Å². The van der Waals surface area contributed by atoms with Crippen LogP contribution in [0.5, 0.6) is 11.5 Å². The summed E-state index contributed by atoms with van der Waals surface area (Å²) in [5.41, 5.74) is 2.29. The van der Waals surface area contributed by atoms with Crippen LogP contribution in [0.15, 0.2) is 42.5 Å². The van der Waals surface area contributed by atoms with E-state index in [2.05, 4.69) is 71.8 Å². The van der Waals surface area contributed by atoms with Gasteiger partial charge in [-0.3, -0.25) is 4.18 Å². The van der Waals surface area contributed by atoms with Gasteiger partial charge in [-0.05, 0) is 69.8 Å². The Hall–Kier alpha value is -1.36. The highest BCUT2D eigenvalue weighted by Gasteiger charge is 2.17. The maximum Gasteiger partial charge on any atom is 0.231 e. The Morgan fingerprint density at radius 2 is 1.74 bits per heavy atom. The van der Waals surface area contributed by atoms with Crippen molar-refractivity contribution in [1.29, 1.82) is 0 Å². The van der Waals surface area contributed by atoms with Crippen LogP contribution < -0.4 is 9.47 Å². The van der Waals surface area contributed by atoms with E-state index in [-0.39, 0.29) is 13.4 Å². The van der Waals surface area contributed by atoms with E-state index >= 15 is 0 Å². The van der Waals surface area contributed by atoms with Gasteiger partial charge in [-0.25, -0.2) is 8.42 Å². The second kappa shape index (κ2) is 9.22. The van der Waals surface area contributed by atoms with Crippen LogP contribution in [0.3, 0.4) is 0 Å². The number of rotatable bonds is 5. The fourth-order valence-electron chi connectivity index (χ4n) is 2.28. The lowest BCUT2D eigenvalue weighted by Crippen LogP contribution is -2.14. The molecule has 1 heterocycles. The minimum Gasteiger partial charge on any atom is -0.726 e. The van der Waals surface area contributed by atoms with E-state index in [9.17, 15) is 13.0 Å². The highest BCUT2D eigenvalue weighted by molar-refractivity contribution is 14.1. The second-order valence-corrected chi connectivity index (χ2v) is 8.90. The van der Waals surface area contributed by atoms with Crippen molar-refractivity contribution in [3.63, 3.8) is 0 Å². The molecule has 0 spiro atoms. The monoisotopic (exact) mass is 505 g/mol. The maximum atomic E-state index is 10.2. The molecule has 1 aliphatic rings.